The Kier molecular flexibility index (Phi) is 1.60. The molecule has 1 heterocycles. The van der Waals surface area contributed by atoms with E-state index < -0.39 is 0 Å². The average Bonchev–Trinajstić information content (AvgIpc) is 2.32. The van der Waals surface area contributed by atoms with Gasteiger partial charge in [-0.2, -0.15) is 0 Å². The van der Waals surface area contributed by atoms with Gasteiger partial charge in [0, 0.05) is 12.3 Å². The van der Waals surface area contributed by atoms with Crippen LogP contribution in [0, 0.1) is 11.8 Å². The smallest absolute Gasteiger partial charge is 0.306 e. The van der Waals surface area contributed by atoms with Gasteiger partial charge >= 0.3 is 5.97 Å². The van der Waals surface area contributed by atoms with E-state index in [2.05, 4.69) is 0 Å². The van der Waals surface area contributed by atoms with Crippen molar-refractivity contribution in [2.75, 3.05) is 6.61 Å². The summed E-state index contributed by atoms with van der Waals surface area (Å²) in [6, 6.07) is 0. The molecule has 2 rings (SSSR count). The molecular formula is C8H12O3. The van der Waals surface area contributed by atoms with Gasteiger partial charge < -0.3 is 9.84 Å². The Balaban J connectivity index is 2.05. The molecule has 0 aromatic heterocycles. The molecule has 0 aromatic rings. The Hall–Kier alpha value is -0.570. The largest absolute Gasteiger partial charge is 0.465 e. The number of aliphatic hydroxyl groups excluding tert-OH is 1. The highest BCUT2D eigenvalue weighted by Gasteiger charge is 2.40. The van der Waals surface area contributed by atoms with Crippen LogP contribution in [0.3, 0.4) is 0 Å². The molecule has 1 aliphatic heterocycles. The van der Waals surface area contributed by atoms with Crippen molar-refractivity contribution in [3.8, 4) is 0 Å². The number of rotatable bonds is 0. The summed E-state index contributed by atoms with van der Waals surface area (Å²) in [6.07, 6.45) is 2.11. The maximum Gasteiger partial charge on any atom is 0.306 e. The molecule has 11 heavy (non-hydrogen) atoms. The van der Waals surface area contributed by atoms with Crippen LogP contribution in [0.4, 0.5) is 0 Å². The standard InChI is InChI=1S/C8H12O3/c9-7-2-1-5-3-8(10)11-4-6(5)7/h5-7,9H,1-4H2/t5-,6+,7-/m1/s1. The summed E-state index contributed by atoms with van der Waals surface area (Å²) in [5.74, 6) is 0.527. The lowest BCUT2D eigenvalue weighted by Gasteiger charge is -2.25. The van der Waals surface area contributed by atoms with Gasteiger partial charge in [0.25, 0.3) is 0 Å². The van der Waals surface area contributed by atoms with E-state index in [0.29, 0.717) is 18.9 Å². The molecule has 0 spiro atoms. The molecule has 3 nitrogen and oxygen atoms in total. The van der Waals surface area contributed by atoms with Crippen LogP contribution in [0.1, 0.15) is 19.3 Å². The predicted octanol–water partition coefficient (Wildman–Crippen LogP) is 0.320. The maximum atomic E-state index is 10.8. The second-order valence-corrected chi connectivity index (χ2v) is 3.46. The number of fused-ring (bicyclic) bond motifs is 1. The van der Waals surface area contributed by atoms with Gasteiger partial charge in [0.2, 0.25) is 0 Å². The lowest BCUT2D eigenvalue weighted by atomic mass is 9.91. The fraction of sp³-hybridized carbons (Fsp3) is 0.875. The predicted molar refractivity (Wildman–Crippen MR) is 37.8 cm³/mol. The molecular weight excluding hydrogens is 144 g/mol. The molecule has 3 atom stereocenters. The van der Waals surface area contributed by atoms with Gasteiger partial charge in [-0.1, -0.05) is 0 Å². The van der Waals surface area contributed by atoms with Crippen LogP contribution in [-0.4, -0.2) is 23.8 Å². The number of carbonyl (C=O) groups excluding carboxylic acids is 1. The first-order valence-corrected chi connectivity index (χ1v) is 4.11. The van der Waals surface area contributed by atoms with Crippen molar-refractivity contribution >= 4 is 5.97 Å². The second kappa shape index (κ2) is 2.48. The minimum absolute atomic E-state index is 0.0969. The number of hydrogen-bond acceptors (Lipinski definition) is 3. The maximum absolute atomic E-state index is 10.8. The molecule has 3 heteroatoms. The second-order valence-electron chi connectivity index (χ2n) is 3.46. The SMILES string of the molecule is O=C1C[C@H]2CC[C@@H](O)[C@H]2CO1. The molecule has 0 radical (unpaired) electrons. The van der Waals surface area contributed by atoms with Crippen LogP contribution in [0.15, 0.2) is 0 Å². The van der Waals surface area contributed by atoms with Crippen molar-refractivity contribution in [3.63, 3.8) is 0 Å². The van der Waals surface area contributed by atoms with Gasteiger partial charge in [0.1, 0.15) is 0 Å². The highest BCUT2D eigenvalue weighted by molar-refractivity contribution is 5.70. The van der Waals surface area contributed by atoms with Crippen molar-refractivity contribution in [1.82, 2.24) is 0 Å². The summed E-state index contributed by atoms with van der Waals surface area (Å²) in [4.78, 5) is 10.8. The summed E-state index contributed by atoms with van der Waals surface area (Å²) < 4.78 is 4.86. The summed E-state index contributed by atoms with van der Waals surface area (Å²) in [7, 11) is 0. The molecule has 1 N–H and O–H groups in total. The Morgan fingerprint density at radius 3 is 3.09 bits per heavy atom. The van der Waals surface area contributed by atoms with E-state index in [0.717, 1.165) is 12.8 Å². The van der Waals surface area contributed by atoms with Crippen LogP contribution in [0.5, 0.6) is 0 Å². The zero-order valence-electron chi connectivity index (χ0n) is 6.32. The first-order valence-electron chi connectivity index (χ1n) is 4.11. The molecule has 0 aromatic carbocycles. The number of aliphatic hydroxyl groups is 1. The topological polar surface area (TPSA) is 46.5 Å². The number of hydrogen-bond donors (Lipinski definition) is 1. The number of esters is 1. The zero-order valence-corrected chi connectivity index (χ0v) is 6.32. The van der Waals surface area contributed by atoms with Gasteiger partial charge in [-0.15, -0.1) is 0 Å². The Bertz CT molecular complexity index is 178. The van der Waals surface area contributed by atoms with Gasteiger partial charge in [-0.3, -0.25) is 4.79 Å². The summed E-state index contributed by atoms with van der Waals surface area (Å²) in [5.41, 5.74) is 0. The summed E-state index contributed by atoms with van der Waals surface area (Å²) >= 11 is 0. The van der Waals surface area contributed by atoms with Gasteiger partial charge in [0.05, 0.1) is 12.7 Å². The Morgan fingerprint density at radius 2 is 2.27 bits per heavy atom. The third-order valence-corrected chi connectivity index (χ3v) is 2.80. The lowest BCUT2D eigenvalue weighted by molar-refractivity contribution is -0.153. The molecule has 1 aliphatic carbocycles. The zero-order chi connectivity index (χ0) is 7.84. The van der Waals surface area contributed by atoms with Crippen molar-refractivity contribution in [1.29, 1.82) is 0 Å². The minimum atomic E-state index is -0.229. The van der Waals surface area contributed by atoms with Crippen LogP contribution in [0.2, 0.25) is 0 Å². The Labute approximate surface area is 65.4 Å². The molecule has 62 valence electrons. The van der Waals surface area contributed by atoms with Crippen molar-refractivity contribution in [3.05, 3.63) is 0 Å². The van der Waals surface area contributed by atoms with Crippen molar-refractivity contribution in [2.45, 2.75) is 25.4 Å². The van der Waals surface area contributed by atoms with E-state index in [-0.39, 0.29) is 18.0 Å². The average molecular weight is 156 g/mol. The molecule has 2 fully saturated rings. The summed E-state index contributed by atoms with van der Waals surface area (Å²) in [6.45, 7) is 0.435. The molecule has 0 unspecified atom stereocenters. The fourth-order valence-electron chi connectivity index (χ4n) is 2.09. The molecule has 0 bridgehead atoms. The van der Waals surface area contributed by atoms with Crippen LogP contribution in [-0.2, 0) is 9.53 Å². The van der Waals surface area contributed by atoms with Gasteiger partial charge in [-0.25, -0.2) is 0 Å². The molecule has 0 amide bonds. The van der Waals surface area contributed by atoms with Gasteiger partial charge in [0.15, 0.2) is 0 Å². The van der Waals surface area contributed by atoms with E-state index in [1.807, 2.05) is 0 Å². The number of ether oxygens (including phenoxy) is 1. The lowest BCUT2D eigenvalue weighted by Crippen LogP contribution is -2.32. The summed E-state index contributed by atoms with van der Waals surface area (Å²) in [5, 5.41) is 9.42. The van der Waals surface area contributed by atoms with E-state index in [1.165, 1.54) is 0 Å². The van der Waals surface area contributed by atoms with E-state index in [4.69, 9.17) is 4.74 Å². The molecule has 1 saturated carbocycles. The number of carbonyl (C=O) groups is 1. The van der Waals surface area contributed by atoms with Crippen LogP contribution >= 0.6 is 0 Å². The minimum Gasteiger partial charge on any atom is -0.465 e. The first kappa shape index (κ1) is 7.10. The highest BCUT2D eigenvalue weighted by atomic mass is 16.5. The normalized spacial score (nSPS) is 43.4. The van der Waals surface area contributed by atoms with Crippen molar-refractivity contribution in [2.24, 2.45) is 11.8 Å². The quantitative estimate of drug-likeness (QED) is 0.514. The number of cyclic esters (lactones) is 1. The molecule has 2 aliphatic rings. The Morgan fingerprint density at radius 1 is 1.45 bits per heavy atom. The van der Waals surface area contributed by atoms with Crippen molar-refractivity contribution < 1.29 is 14.6 Å². The molecule has 1 saturated heterocycles. The van der Waals surface area contributed by atoms with E-state index >= 15 is 0 Å². The van der Waals surface area contributed by atoms with E-state index in [9.17, 15) is 9.90 Å². The monoisotopic (exact) mass is 156 g/mol. The van der Waals surface area contributed by atoms with Gasteiger partial charge in [-0.05, 0) is 18.8 Å². The first-order chi connectivity index (χ1) is 5.27. The van der Waals surface area contributed by atoms with E-state index in [1.54, 1.807) is 0 Å². The van der Waals surface area contributed by atoms with Crippen LogP contribution in [0.25, 0.3) is 0 Å². The third kappa shape index (κ3) is 1.13. The van der Waals surface area contributed by atoms with Crippen LogP contribution < -0.4 is 0 Å². The fourth-order valence-corrected chi connectivity index (χ4v) is 2.09. The highest BCUT2D eigenvalue weighted by Crippen LogP contribution is 2.37. The third-order valence-electron chi connectivity index (χ3n) is 2.80.